The summed E-state index contributed by atoms with van der Waals surface area (Å²) >= 11 is 5.88. The summed E-state index contributed by atoms with van der Waals surface area (Å²) in [5.74, 6) is 0.477. The molecule has 1 aromatic carbocycles. The molecule has 0 atom stereocenters. The van der Waals surface area contributed by atoms with Crippen molar-refractivity contribution in [2.75, 3.05) is 23.7 Å². The molecule has 126 valence electrons. The van der Waals surface area contributed by atoms with Crippen molar-refractivity contribution >= 4 is 35.0 Å². The number of aryl methyl sites for hydroxylation is 1. The van der Waals surface area contributed by atoms with Crippen molar-refractivity contribution in [1.82, 2.24) is 10.1 Å². The van der Waals surface area contributed by atoms with Crippen LogP contribution in [0.15, 0.2) is 47.5 Å². The van der Waals surface area contributed by atoms with Crippen LogP contribution in [0, 0.1) is 6.92 Å². The average Bonchev–Trinajstić information content (AvgIpc) is 2.91. The minimum absolute atomic E-state index is 0.162. The van der Waals surface area contributed by atoms with E-state index >= 15 is 0 Å². The Morgan fingerprint density at radius 2 is 2.17 bits per heavy atom. The lowest BCUT2D eigenvalue weighted by molar-refractivity contribution is -0.116. The van der Waals surface area contributed by atoms with Gasteiger partial charge in [-0.2, -0.15) is 0 Å². The highest BCUT2D eigenvalue weighted by Gasteiger charge is 2.17. The van der Waals surface area contributed by atoms with Crippen LogP contribution >= 0.6 is 11.6 Å². The summed E-state index contributed by atoms with van der Waals surface area (Å²) in [6, 6.07) is 7.88. The standard InChI is InChI=1S/C16H17ClN4O3/c1-3-7-21(10-15(22)19-14-8-11(2)24-20-14)16(23)18-13-6-4-5-12(17)9-13/h3-6,8-9H,1,7,10H2,2H3,(H,18,23)(H,19,20,22). The van der Waals surface area contributed by atoms with Gasteiger partial charge in [-0.3, -0.25) is 4.79 Å². The monoisotopic (exact) mass is 348 g/mol. The number of amides is 3. The molecule has 7 nitrogen and oxygen atoms in total. The van der Waals surface area contributed by atoms with Crippen molar-refractivity contribution in [1.29, 1.82) is 0 Å². The zero-order valence-electron chi connectivity index (χ0n) is 13.1. The first-order valence-corrected chi connectivity index (χ1v) is 7.51. The van der Waals surface area contributed by atoms with E-state index in [1.807, 2.05) is 0 Å². The number of urea groups is 1. The molecular formula is C16H17ClN4O3. The molecule has 2 rings (SSSR count). The molecule has 0 radical (unpaired) electrons. The molecule has 0 unspecified atom stereocenters. The predicted molar refractivity (Wildman–Crippen MR) is 92.1 cm³/mol. The van der Waals surface area contributed by atoms with Crippen LogP contribution in [-0.2, 0) is 4.79 Å². The van der Waals surface area contributed by atoms with Gasteiger partial charge in [0, 0.05) is 23.3 Å². The molecule has 0 fully saturated rings. The summed E-state index contributed by atoms with van der Waals surface area (Å²) in [7, 11) is 0. The molecule has 0 saturated heterocycles. The number of carbonyl (C=O) groups excluding carboxylic acids is 2. The van der Waals surface area contributed by atoms with Crippen LogP contribution in [0.5, 0.6) is 0 Å². The van der Waals surface area contributed by atoms with Gasteiger partial charge < -0.3 is 20.1 Å². The van der Waals surface area contributed by atoms with Gasteiger partial charge >= 0.3 is 6.03 Å². The fraction of sp³-hybridized carbons (Fsp3) is 0.188. The van der Waals surface area contributed by atoms with E-state index in [1.54, 1.807) is 37.3 Å². The first-order valence-electron chi connectivity index (χ1n) is 7.13. The normalized spacial score (nSPS) is 10.1. The lowest BCUT2D eigenvalue weighted by Gasteiger charge is -2.20. The molecule has 0 aliphatic rings. The number of anilines is 2. The van der Waals surface area contributed by atoms with Crippen molar-refractivity contribution in [3.63, 3.8) is 0 Å². The SMILES string of the molecule is C=CCN(CC(=O)Nc1cc(C)on1)C(=O)Nc1cccc(Cl)c1. The minimum atomic E-state index is -0.441. The maximum atomic E-state index is 12.3. The van der Waals surface area contributed by atoms with Gasteiger partial charge in [-0.05, 0) is 25.1 Å². The molecular weight excluding hydrogens is 332 g/mol. The van der Waals surface area contributed by atoms with Crippen LogP contribution in [0.25, 0.3) is 0 Å². The fourth-order valence-corrected chi connectivity index (χ4v) is 2.12. The lowest BCUT2D eigenvalue weighted by Crippen LogP contribution is -2.40. The molecule has 1 heterocycles. The van der Waals surface area contributed by atoms with Crippen molar-refractivity contribution in [2.45, 2.75) is 6.92 Å². The largest absolute Gasteiger partial charge is 0.360 e. The zero-order chi connectivity index (χ0) is 17.5. The van der Waals surface area contributed by atoms with Crippen LogP contribution < -0.4 is 10.6 Å². The van der Waals surface area contributed by atoms with Crippen LogP contribution in [0.4, 0.5) is 16.3 Å². The molecule has 2 aromatic rings. The van der Waals surface area contributed by atoms with E-state index in [-0.39, 0.29) is 13.1 Å². The van der Waals surface area contributed by atoms with Gasteiger partial charge in [-0.1, -0.05) is 28.9 Å². The molecule has 0 saturated carbocycles. The van der Waals surface area contributed by atoms with E-state index in [2.05, 4.69) is 22.4 Å². The van der Waals surface area contributed by atoms with Crippen molar-refractivity contribution in [2.24, 2.45) is 0 Å². The third kappa shape index (κ3) is 5.13. The van der Waals surface area contributed by atoms with E-state index in [0.29, 0.717) is 22.3 Å². The lowest BCUT2D eigenvalue weighted by atomic mass is 10.3. The Hall–Kier alpha value is -2.80. The van der Waals surface area contributed by atoms with Crippen LogP contribution in [0.3, 0.4) is 0 Å². The molecule has 24 heavy (non-hydrogen) atoms. The van der Waals surface area contributed by atoms with Gasteiger partial charge in [-0.25, -0.2) is 4.79 Å². The molecule has 0 aliphatic heterocycles. The number of nitrogens with one attached hydrogen (secondary N) is 2. The second kappa shape index (κ2) is 8.16. The highest BCUT2D eigenvalue weighted by Crippen LogP contribution is 2.15. The number of nitrogens with zero attached hydrogens (tertiary/aromatic N) is 2. The molecule has 3 amide bonds. The van der Waals surface area contributed by atoms with Gasteiger partial charge in [0.15, 0.2) is 5.82 Å². The Morgan fingerprint density at radius 1 is 1.38 bits per heavy atom. The summed E-state index contributed by atoms with van der Waals surface area (Å²) in [5.41, 5.74) is 0.536. The van der Waals surface area contributed by atoms with Gasteiger partial charge in [0.1, 0.15) is 12.3 Å². The van der Waals surface area contributed by atoms with Gasteiger partial charge in [0.2, 0.25) is 5.91 Å². The Bertz CT molecular complexity index is 744. The molecule has 0 spiro atoms. The van der Waals surface area contributed by atoms with Crippen LogP contribution in [0.1, 0.15) is 5.76 Å². The first kappa shape index (κ1) is 17.6. The second-order valence-electron chi connectivity index (χ2n) is 4.98. The Morgan fingerprint density at radius 3 is 2.79 bits per heavy atom. The highest BCUT2D eigenvalue weighted by molar-refractivity contribution is 6.30. The number of aromatic nitrogens is 1. The smallest absolute Gasteiger partial charge is 0.322 e. The van der Waals surface area contributed by atoms with Crippen molar-refractivity contribution < 1.29 is 14.1 Å². The molecule has 0 bridgehead atoms. The fourth-order valence-electron chi connectivity index (χ4n) is 1.92. The summed E-state index contributed by atoms with van der Waals surface area (Å²) in [6.07, 6.45) is 1.53. The minimum Gasteiger partial charge on any atom is -0.360 e. The second-order valence-corrected chi connectivity index (χ2v) is 5.42. The van der Waals surface area contributed by atoms with Gasteiger partial charge in [-0.15, -0.1) is 6.58 Å². The average molecular weight is 349 g/mol. The van der Waals surface area contributed by atoms with E-state index < -0.39 is 11.9 Å². The van der Waals surface area contributed by atoms with Crippen molar-refractivity contribution in [3.05, 3.63) is 53.8 Å². The van der Waals surface area contributed by atoms with E-state index in [9.17, 15) is 9.59 Å². The Kier molecular flexibility index (Phi) is 5.97. The van der Waals surface area contributed by atoms with E-state index in [0.717, 1.165) is 0 Å². The van der Waals surface area contributed by atoms with Crippen LogP contribution in [0.2, 0.25) is 5.02 Å². The summed E-state index contributed by atoms with van der Waals surface area (Å²) < 4.78 is 4.87. The first-order chi connectivity index (χ1) is 11.5. The summed E-state index contributed by atoms with van der Waals surface area (Å²) in [5, 5.41) is 9.41. The maximum Gasteiger partial charge on any atom is 0.322 e. The third-order valence-corrected chi connectivity index (χ3v) is 3.18. The zero-order valence-corrected chi connectivity index (χ0v) is 13.8. The van der Waals surface area contributed by atoms with E-state index in [1.165, 1.54) is 11.0 Å². The van der Waals surface area contributed by atoms with Gasteiger partial charge in [0.05, 0.1) is 0 Å². The number of hydrogen-bond donors (Lipinski definition) is 2. The molecule has 1 aromatic heterocycles. The maximum absolute atomic E-state index is 12.3. The summed E-state index contributed by atoms with van der Waals surface area (Å²) in [4.78, 5) is 25.7. The Balaban J connectivity index is 1.98. The summed E-state index contributed by atoms with van der Waals surface area (Å²) in [6.45, 7) is 5.35. The van der Waals surface area contributed by atoms with Crippen molar-refractivity contribution in [3.8, 4) is 0 Å². The number of rotatable bonds is 6. The topological polar surface area (TPSA) is 87.5 Å². The number of halogens is 1. The number of carbonyl (C=O) groups is 2. The predicted octanol–water partition coefficient (Wildman–Crippen LogP) is 3.30. The van der Waals surface area contributed by atoms with E-state index in [4.69, 9.17) is 16.1 Å². The molecule has 8 heteroatoms. The third-order valence-electron chi connectivity index (χ3n) is 2.94. The molecule has 0 aliphatic carbocycles. The quantitative estimate of drug-likeness (QED) is 0.784. The van der Waals surface area contributed by atoms with Gasteiger partial charge in [0.25, 0.3) is 0 Å². The Labute approximate surface area is 144 Å². The number of hydrogen-bond acceptors (Lipinski definition) is 4. The molecule has 2 N–H and O–H groups in total. The highest BCUT2D eigenvalue weighted by atomic mass is 35.5. The van der Waals surface area contributed by atoms with Crippen LogP contribution in [-0.4, -0.2) is 35.1 Å². The number of benzene rings is 1.